The van der Waals surface area contributed by atoms with Gasteiger partial charge in [0.2, 0.25) is 0 Å². The molecule has 0 fully saturated rings. The number of hydrogen-bond acceptors (Lipinski definition) is 2. The first kappa shape index (κ1) is 7.16. The van der Waals surface area contributed by atoms with E-state index in [1.165, 1.54) is 7.05 Å². The molecule has 8 heavy (non-hydrogen) atoms. The summed E-state index contributed by atoms with van der Waals surface area (Å²) in [5.41, 5.74) is 4.93. The monoisotopic (exact) mass is 133 g/mol. The second kappa shape index (κ2) is 3.20. The van der Waals surface area contributed by atoms with Gasteiger partial charge < -0.3 is 11.1 Å². The summed E-state index contributed by atoms with van der Waals surface area (Å²) in [5.74, 6) is 0. The second-order valence-corrected chi connectivity index (χ2v) is 1.51. The molecule has 0 aliphatic heterocycles. The molecule has 46 valence electrons. The number of nitrogens with one attached hydrogen (secondary N) is 2. The molecular formula is C3H7N3OS. The first-order valence-corrected chi connectivity index (χ1v) is 2.36. The number of carbonyl (C=O) groups is 1. The summed E-state index contributed by atoms with van der Waals surface area (Å²) in [7, 11) is 1.48. The fourth-order valence-electron chi connectivity index (χ4n) is 0.174. The van der Waals surface area contributed by atoms with Gasteiger partial charge in [-0.3, -0.25) is 5.32 Å². The average molecular weight is 133 g/mol. The molecule has 0 bridgehead atoms. The highest BCUT2D eigenvalue weighted by Gasteiger charge is 1.92. The lowest BCUT2D eigenvalue weighted by Crippen LogP contribution is -2.40. The van der Waals surface area contributed by atoms with Gasteiger partial charge >= 0.3 is 6.03 Å². The van der Waals surface area contributed by atoms with Crippen molar-refractivity contribution in [1.29, 1.82) is 0 Å². The predicted octanol–water partition coefficient (Wildman–Crippen LogP) is -0.841. The summed E-state index contributed by atoms with van der Waals surface area (Å²) < 4.78 is 0. The van der Waals surface area contributed by atoms with E-state index in [9.17, 15) is 4.79 Å². The van der Waals surface area contributed by atoms with Crippen LogP contribution >= 0.6 is 12.2 Å². The molecule has 0 saturated heterocycles. The molecule has 0 aromatic rings. The quantitative estimate of drug-likeness (QED) is 0.377. The molecule has 0 atom stereocenters. The van der Waals surface area contributed by atoms with Crippen molar-refractivity contribution in [3.63, 3.8) is 0 Å². The van der Waals surface area contributed by atoms with E-state index >= 15 is 0 Å². The first-order valence-electron chi connectivity index (χ1n) is 1.95. The molecule has 0 radical (unpaired) electrons. The van der Waals surface area contributed by atoms with Crippen LogP contribution in [0.5, 0.6) is 0 Å². The van der Waals surface area contributed by atoms with Crippen molar-refractivity contribution < 1.29 is 4.79 Å². The van der Waals surface area contributed by atoms with Crippen molar-refractivity contribution >= 4 is 23.4 Å². The van der Waals surface area contributed by atoms with Crippen LogP contribution in [0.3, 0.4) is 0 Å². The van der Waals surface area contributed by atoms with E-state index in [1.54, 1.807) is 0 Å². The summed E-state index contributed by atoms with van der Waals surface area (Å²) in [6.07, 6.45) is 0. The maximum absolute atomic E-state index is 10.2. The molecule has 4 N–H and O–H groups in total. The van der Waals surface area contributed by atoms with E-state index in [-0.39, 0.29) is 5.11 Å². The van der Waals surface area contributed by atoms with Crippen molar-refractivity contribution in [2.75, 3.05) is 7.05 Å². The van der Waals surface area contributed by atoms with Gasteiger partial charge in [0.1, 0.15) is 0 Å². The van der Waals surface area contributed by atoms with E-state index in [0.29, 0.717) is 0 Å². The average Bonchev–Trinajstić information content (AvgIpc) is 1.65. The lowest BCUT2D eigenvalue weighted by molar-refractivity contribution is 0.247. The minimum Gasteiger partial charge on any atom is -0.376 e. The number of carbonyl (C=O) groups excluding carboxylic acids is 1. The number of hydrogen-bond donors (Lipinski definition) is 3. The molecule has 5 heteroatoms. The highest BCUT2D eigenvalue weighted by molar-refractivity contribution is 7.80. The Morgan fingerprint density at radius 2 is 2.25 bits per heavy atom. The minimum absolute atomic E-state index is 0.0237. The first-order chi connectivity index (χ1) is 3.66. The fraction of sp³-hybridized carbons (Fsp3) is 0.333. The standard InChI is InChI=1S/C3H7N3OS/c1-5-3(7)6-2(4)8/h1H3,(H4,4,5,6,7,8). The number of nitrogens with two attached hydrogens (primary N) is 1. The minimum atomic E-state index is -0.391. The summed E-state index contributed by atoms with van der Waals surface area (Å²) in [6, 6.07) is -0.391. The van der Waals surface area contributed by atoms with Gasteiger partial charge in [0.05, 0.1) is 0 Å². The molecule has 0 aromatic heterocycles. The Bertz CT molecular complexity index is 113. The van der Waals surface area contributed by atoms with Crippen molar-refractivity contribution in [2.24, 2.45) is 5.73 Å². The van der Waals surface area contributed by atoms with Gasteiger partial charge in [-0.25, -0.2) is 4.79 Å². The van der Waals surface area contributed by atoms with Gasteiger partial charge in [0, 0.05) is 7.05 Å². The number of rotatable bonds is 0. The third kappa shape index (κ3) is 3.35. The molecule has 2 amide bonds. The van der Waals surface area contributed by atoms with E-state index in [1.807, 2.05) is 0 Å². The van der Waals surface area contributed by atoms with Crippen molar-refractivity contribution in [3.8, 4) is 0 Å². The van der Waals surface area contributed by atoms with Crippen LogP contribution in [0.2, 0.25) is 0 Å². The molecule has 4 nitrogen and oxygen atoms in total. The molecule has 0 heterocycles. The molecule has 0 aliphatic carbocycles. The topological polar surface area (TPSA) is 67.2 Å². The van der Waals surface area contributed by atoms with Crippen LogP contribution in [0.1, 0.15) is 0 Å². The predicted molar refractivity (Wildman–Crippen MR) is 34.4 cm³/mol. The van der Waals surface area contributed by atoms with Gasteiger partial charge in [-0.15, -0.1) is 0 Å². The molecule has 0 aromatic carbocycles. The van der Waals surface area contributed by atoms with Crippen LogP contribution in [0.4, 0.5) is 4.79 Å². The highest BCUT2D eigenvalue weighted by Crippen LogP contribution is 1.58. The third-order valence-electron chi connectivity index (χ3n) is 0.464. The summed E-state index contributed by atoms with van der Waals surface area (Å²) in [4.78, 5) is 10.2. The van der Waals surface area contributed by atoms with Crippen LogP contribution in [0.15, 0.2) is 0 Å². The van der Waals surface area contributed by atoms with Crippen molar-refractivity contribution in [2.45, 2.75) is 0 Å². The van der Waals surface area contributed by atoms with Crippen molar-refractivity contribution in [1.82, 2.24) is 10.6 Å². The maximum atomic E-state index is 10.2. The highest BCUT2D eigenvalue weighted by atomic mass is 32.1. The van der Waals surface area contributed by atoms with Crippen LogP contribution < -0.4 is 16.4 Å². The van der Waals surface area contributed by atoms with Crippen LogP contribution in [-0.2, 0) is 0 Å². The van der Waals surface area contributed by atoms with E-state index in [4.69, 9.17) is 5.73 Å². The summed E-state index contributed by atoms with van der Waals surface area (Å²) in [5, 5.41) is 4.41. The number of amides is 2. The van der Waals surface area contributed by atoms with Crippen molar-refractivity contribution in [3.05, 3.63) is 0 Å². The Morgan fingerprint density at radius 3 is 2.38 bits per heavy atom. The Labute approximate surface area is 52.4 Å². The Hall–Kier alpha value is -0.840. The lowest BCUT2D eigenvalue weighted by atomic mass is 10.9. The third-order valence-corrected chi connectivity index (χ3v) is 0.566. The molecular weight excluding hydrogens is 126 g/mol. The van der Waals surface area contributed by atoms with E-state index in [2.05, 4.69) is 22.9 Å². The molecule has 0 aliphatic rings. The number of urea groups is 1. The van der Waals surface area contributed by atoms with Crippen LogP contribution in [0, 0.1) is 0 Å². The molecule has 0 unspecified atom stereocenters. The zero-order valence-electron chi connectivity index (χ0n) is 4.39. The molecule has 0 saturated carbocycles. The van der Waals surface area contributed by atoms with Crippen LogP contribution in [-0.4, -0.2) is 18.2 Å². The van der Waals surface area contributed by atoms with Gasteiger partial charge in [0.15, 0.2) is 5.11 Å². The Kier molecular flexibility index (Phi) is 2.86. The maximum Gasteiger partial charge on any atom is 0.320 e. The molecule has 0 spiro atoms. The fourth-order valence-corrected chi connectivity index (χ4v) is 0.267. The number of thiocarbonyl (C=S) groups is 1. The van der Waals surface area contributed by atoms with Gasteiger partial charge in [-0.2, -0.15) is 0 Å². The lowest BCUT2D eigenvalue weighted by Gasteiger charge is -1.97. The normalized spacial score (nSPS) is 7.62. The van der Waals surface area contributed by atoms with Gasteiger partial charge in [-0.05, 0) is 12.2 Å². The van der Waals surface area contributed by atoms with Crippen LogP contribution in [0.25, 0.3) is 0 Å². The zero-order chi connectivity index (χ0) is 6.57. The van der Waals surface area contributed by atoms with Gasteiger partial charge in [0.25, 0.3) is 0 Å². The second-order valence-electron chi connectivity index (χ2n) is 1.07. The van der Waals surface area contributed by atoms with E-state index in [0.717, 1.165) is 0 Å². The van der Waals surface area contributed by atoms with Gasteiger partial charge in [-0.1, -0.05) is 0 Å². The molecule has 0 rings (SSSR count). The Balaban J connectivity index is 3.40. The smallest absolute Gasteiger partial charge is 0.320 e. The van der Waals surface area contributed by atoms with E-state index < -0.39 is 6.03 Å². The largest absolute Gasteiger partial charge is 0.376 e. The summed E-state index contributed by atoms with van der Waals surface area (Å²) >= 11 is 4.34. The SMILES string of the molecule is CNC(=O)NC(N)=S. The summed E-state index contributed by atoms with van der Waals surface area (Å²) in [6.45, 7) is 0. The Morgan fingerprint density at radius 1 is 1.75 bits per heavy atom. The zero-order valence-corrected chi connectivity index (χ0v) is 5.21.